The molecule has 8 nitrogen and oxygen atoms in total. The van der Waals surface area contributed by atoms with Crippen LogP contribution in [-0.4, -0.2) is 30.2 Å². The summed E-state index contributed by atoms with van der Waals surface area (Å²) in [6, 6.07) is 7.57. The SMILES string of the molecule is C=CCn1c(=O)c2c(nc3n(-c4cccc(OC)c4)c(C)cn23)n(C)c1=O. The molecule has 0 atom stereocenters. The third-order valence-corrected chi connectivity index (χ3v) is 4.65. The van der Waals surface area contributed by atoms with Gasteiger partial charge < -0.3 is 4.74 Å². The fraction of sp³-hybridized carbons (Fsp3) is 0.211. The second-order valence-electron chi connectivity index (χ2n) is 6.31. The zero-order chi connectivity index (χ0) is 19.3. The minimum absolute atomic E-state index is 0.143. The van der Waals surface area contributed by atoms with Gasteiger partial charge in [0.15, 0.2) is 11.2 Å². The summed E-state index contributed by atoms with van der Waals surface area (Å²) in [4.78, 5) is 30.0. The van der Waals surface area contributed by atoms with Gasteiger partial charge in [-0.25, -0.2) is 4.79 Å². The topological polar surface area (TPSA) is 75.5 Å². The summed E-state index contributed by atoms with van der Waals surface area (Å²) in [5.41, 5.74) is 1.65. The predicted molar refractivity (Wildman–Crippen MR) is 103 cm³/mol. The number of fused-ring (bicyclic) bond motifs is 3. The van der Waals surface area contributed by atoms with Gasteiger partial charge in [0.1, 0.15) is 5.75 Å². The van der Waals surface area contributed by atoms with Crippen molar-refractivity contribution in [2.45, 2.75) is 13.5 Å². The lowest BCUT2D eigenvalue weighted by Crippen LogP contribution is -2.39. The van der Waals surface area contributed by atoms with E-state index in [9.17, 15) is 9.59 Å². The molecule has 0 unspecified atom stereocenters. The molecule has 0 aliphatic carbocycles. The molecule has 0 bridgehead atoms. The van der Waals surface area contributed by atoms with Crippen LogP contribution in [-0.2, 0) is 13.6 Å². The molecule has 0 radical (unpaired) electrons. The first-order valence-electron chi connectivity index (χ1n) is 8.43. The van der Waals surface area contributed by atoms with Gasteiger partial charge in [-0.2, -0.15) is 4.98 Å². The smallest absolute Gasteiger partial charge is 0.332 e. The van der Waals surface area contributed by atoms with Gasteiger partial charge in [0.2, 0.25) is 5.78 Å². The van der Waals surface area contributed by atoms with Crippen LogP contribution in [0.4, 0.5) is 0 Å². The number of aromatic nitrogens is 5. The number of hydrogen-bond acceptors (Lipinski definition) is 4. The number of ether oxygens (including phenoxy) is 1. The molecule has 0 amide bonds. The van der Waals surface area contributed by atoms with Gasteiger partial charge in [-0.1, -0.05) is 12.1 Å². The Kier molecular flexibility index (Phi) is 3.76. The first-order valence-corrected chi connectivity index (χ1v) is 8.43. The van der Waals surface area contributed by atoms with E-state index in [2.05, 4.69) is 11.6 Å². The third-order valence-electron chi connectivity index (χ3n) is 4.65. The molecule has 27 heavy (non-hydrogen) atoms. The van der Waals surface area contributed by atoms with E-state index in [4.69, 9.17) is 4.74 Å². The standard InChI is InChI=1S/C19H19N5O3/c1-5-9-22-17(25)15-16(21(3)19(22)26)20-18-23(15)11-12(2)24(18)13-7-6-8-14(10-13)27-4/h5-8,10-11H,1,9H2,2-4H3. The van der Waals surface area contributed by atoms with Crippen molar-refractivity contribution in [1.82, 2.24) is 23.1 Å². The minimum Gasteiger partial charge on any atom is -0.497 e. The lowest BCUT2D eigenvalue weighted by molar-refractivity contribution is 0.414. The van der Waals surface area contributed by atoms with Gasteiger partial charge >= 0.3 is 5.69 Å². The Balaban J connectivity index is 2.13. The van der Waals surface area contributed by atoms with E-state index >= 15 is 0 Å². The molecule has 0 saturated carbocycles. The Morgan fingerprint density at radius 2 is 2.07 bits per heavy atom. The number of imidazole rings is 2. The van der Waals surface area contributed by atoms with Crippen molar-refractivity contribution >= 4 is 16.9 Å². The fourth-order valence-electron chi connectivity index (χ4n) is 3.37. The second kappa shape index (κ2) is 6.01. The van der Waals surface area contributed by atoms with Crippen molar-refractivity contribution < 1.29 is 4.74 Å². The number of allylic oxidation sites excluding steroid dienone is 1. The van der Waals surface area contributed by atoms with E-state index in [0.29, 0.717) is 16.9 Å². The number of rotatable bonds is 4. The summed E-state index contributed by atoms with van der Waals surface area (Å²) in [6.07, 6.45) is 3.37. The van der Waals surface area contributed by atoms with Gasteiger partial charge in [-0.3, -0.25) is 22.9 Å². The molecule has 4 rings (SSSR count). The second-order valence-corrected chi connectivity index (χ2v) is 6.31. The first kappa shape index (κ1) is 16.9. The van der Waals surface area contributed by atoms with Gasteiger partial charge in [0.25, 0.3) is 5.56 Å². The van der Waals surface area contributed by atoms with Crippen LogP contribution >= 0.6 is 0 Å². The van der Waals surface area contributed by atoms with Crippen molar-refractivity contribution in [3.63, 3.8) is 0 Å². The molecule has 3 heterocycles. The van der Waals surface area contributed by atoms with Crippen molar-refractivity contribution in [2.24, 2.45) is 7.05 Å². The first-order chi connectivity index (χ1) is 13.0. The van der Waals surface area contributed by atoms with Crippen molar-refractivity contribution in [3.05, 3.63) is 69.6 Å². The molecule has 0 N–H and O–H groups in total. The lowest BCUT2D eigenvalue weighted by Gasteiger charge is -2.07. The molecular formula is C19H19N5O3. The van der Waals surface area contributed by atoms with E-state index in [0.717, 1.165) is 21.7 Å². The minimum atomic E-state index is -0.419. The Bertz CT molecular complexity index is 1320. The third kappa shape index (κ3) is 2.33. The van der Waals surface area contributed by atoms with Crippen LogP contribution in [0.15, 0.2) is 52.7 Å². The Morgan fingerprint density at radius 3 is 2.78 bits per heavy atom. The zero-order valence-electron chi connectivity index (χ0n) is 15.3. The quantitative estimate of drug-likeness (QED) is 0.515. The summed E-state index contributed by atoms with van der Waals surface area (Å²) in [5.74, 6) is 1.27. The Morgan fingerprint density at radius 1 is 1.30 bits per heavy atom. The molecule has 0 aliphatic heterocycles. The van der Waals surface area contributed by atoms with Crippen LogP contribution in [0.3, 0.4) is 0 Å². The Labute approximate surface area is 154 Å². The van der Waals surface area contributed by atoms with Crippen LogP contribution in [0.25, 0.3) is 22.6 Å². The van der Waals surface area contributed by atoms with E-state index in [1.807, 2.05) is 42.0 Å². The molecule has 3 aromatic heterocycles. The maximum absolute atomic E-state index is 12.9. The van der Waals surface area contributed by atoms with E-state index < -0.39 is 5.69 Å². The monoisotopic (exact) mass is 365 g/mol. The van der Waals surface area contributed by atoms with E-state index in [1.54, 1.807) is 18.6 Å². The molecule has 4 aromatic rings. The number of aryl methyl sites for hydroxylation is 2. The highest BCUT2D eigenvalue weighted by Gasteiger charge is 2.20. The summed E-state index contributed by atoms with van der Waals surface area (Å²) >= 11 is 0. The molecule has 0 aliphatic rings. The molecule has 8 heteroatoms. The van der Waals surface area contributed by atoms with Crippen LogP contribution in [0.1, 0.15) is 5.69 Å². The highest BCUT2D eigenvalue weighted by atomic mass is 16.5. The summed E-state index contributed by atoms with van der Waals surface area (Å²) in [7, 11) is 3.22. The number of nitrogens with zero attached hydrogens (tertiary/aromatic N) is 5. The van der Waals surface area contributed by atoms with Gasteiger partial charge in [-0.15, -0.1) is 6.58 Å². The van der Waals surface area contributed by atoms with Crippen molar-refractivity contribution in [3.8, 4) is 11.4 Å². The van der Waals surface area contributed by atoms with Crippen LogP contribution in [0, 0.1) is 6.92 Å². The van der Waals surface area contributed by atoms with Crippen LogP contribution in [0.2, 0.25) is 0 Å². The largest absolute Gasteiger partial charge is 0.497 e. The van der Waals surface area contributed by atoms with Crippen molar-refractivity contribution in [1.29, 1.82) is 0 Å². The van der Waals surface area contributed by atoms with Gasteiger partial charge in [-0.05, 0) is 19.1 Å². The summed E-state index contributed by atoms with van der Waals surface area (Å²) in [5, 5.41) is 0. The Hall–Kier alpha value is -3.55. The number of methoxy groups -OCH3 is 1. The van der Waals surface area contributed by atoms with E-state index in [1.165, 1.54) is 10.6 Å². The zero-order valence-corrected chi connectivity index (χ0v) is 15.3. The molecule has 138 valence electrons. The van der Waals surface area contributed by atoms with Gasteiger partial charge in [0.05, 0.1) is 12.8 Å². The van der Waals surface area contributed by atoms with E-state index in [-0.39, 0.29) is 12.1 Å². The van der Waals surface area contributed by atoms with Crippen LogP contribution < -0.4 is 16.0 Å². The summed E-state index contributed by atoms with van der Waals surface area (Å²) in [6.45, 7) is 5.70. The predicted octanol–water partition coefficient (Wildman–Crippen LogP) is 1.64. The lowest BCUT2D eigenvalue weighted by atomic mass is 10.3. The van der Waals surface area contributed by atoms with Crippen molar-refractivity contribution in [2.75, 3.05) is 7.11 Å². The molecule has 0 spiro atoms. The molecule has 1 aromatic carbocycles. The molecular weight excluding hydrogens is 346 g/mol. The van der Waals surface area contributed by atoms with Crippen LogP contribution in [0.5, 0.6) is 5.75 Å². The maximum atomic E-state index is 12.9. The highest BCUT2D eigenvalue weighted by Crippen LogP contribution is 2.23. The maximum Gasteiger partial charge on any atom is 0.332 e. The average Bonchev–Trinajstić information content (AvgIpc) is 3.18. The highest BCUT2D eigenvalue weighted by molar-refractivity contribution is 5.76. The average molecular weight is 365 g/mol. The summed E-state index contributed by atoms with van der Waals surface area (Å²) < 4.78 is 11.5. The molecule has 0 saturated heterocycles. The normalized spacial score (nSPS) is 11.4. The number of benzene rings is 1. The number of hydrogen-bond donors (Lipinski definition) is 0. The van der Waals surface area contributed by atoms with Gasteiger partial charge in [0, 0.05) is 31.5 Å². The molecule has 0 fully saturated rings. The fourth-order valence-corrected chi connectivity index (χ4v) is 3.37.